The summed E-state index contributed by atoms with van der Waals surface area (Å²) in [4.78, 5) is 21.2. The van der Waals surface area contributed by atoms with Gasteiger partial charge in [-0.3, -0.25) is 14.7 Å². The standard InChI is InChI=1S/C23H39N5O.HI/c1-18(2)28(19(3)4)15-9-14-26-23(24-5)25-13-8-12-22(29)27-16-20-10-6-7-11-21(20)17-27;/h6-7,10-11,18-19H,8-9,12-17H2,1-5H3,(H2,24,25,26);1H. The number of hydrogen-bond acceptors (Lipinski definition) is 3. The summed E-state index contributed by atoms with van der Waals surface area (Å²) < 4.78 is 0. The molecule has 0 spiro atoms. The van der Waals surface area contributed by atoms with Crippen LogP contribution in [-0.2, 0) is 17.9 Å². The topological polar surface area (TPSA) is 60.0 Å². The Bertz CT molecular complexity index is 644. The maximum Gasteiger partial charge on any atom is 0.223 e. The first-order chi connectivity index (χ1) is 13.9. The van der Waals surface area contributed by atoms with Crippen molar-refractivity contribution in [2.45, 2.75) is 72.1 Å². The average Bonchev–Trinajstić information content (AvgIpc) is 3.13. The molecule has 0 saturated heterocycles. The monoisotopic (exact) mass is 529 g/mol. The van der Waals surface area contributed by atoms with Gasteiger partial charge in [0.2, 0.25) is 5.91 Å². The van der Waals surface area contributed by atoms with Gasteiger partial charge in [-0.15, -0.1) is 24.0 Å². The van der Waals surface area contributed by atoms with Gasteiger partial charge < -0.3 is 15.5 Å². The molecule has 1 aliphatic rings. The van der Waals surface area contributed by atoms with Crippen LogP contribution >= 0.6 is 24.0 Å². The molecule has 0 atom stereocenters. The number of halogens is 1. The second-order valence-electron chi connectivity index (χ2n) is 8.33. The Morgan fingerprint density at radius 1 is 1.03 bits per heavy atom. The number of guanidine groups is 1. The fourth-order valence-corrected chi connectivity index (χ4v) is 3.92. The number of rotatable bonds is 10. The van der Waals surface area contributed by atoms with Crippen LogP contribution < -0.4 is 10.6 Å². The van der Waals surface area contributed by atoms with Crippen LogP contribution in [0.1, 0.15) is 58.1 Å². The molecule has 0 unspecified atom stereocenters. The lowest BCUT2D eigenvalue weighted by molar-refractivity contribution is -0.131. The second kappa shape index (κ2) is 13.9. The number of aliphatic imine (C=N–C) groups is 1. The van der Waals surface area contributed by atoms with Crippen LogP contribution in [0.3, 0.4) is 0 Å². The van der Waals surface area contributed by atoms with Crippen LogP contribution in [0.4, 0.5) is 0 Å². The van der Waals surface area contributed by atoms with Gasteiger partial charge in [0.1, 0.15) is 0 Å². The molecule has 1 amide bonds. The quantitative estimate of drug-likeness (QED) is 0.211. The number of carbonyl (C=O) groups excluding carboxylic acids is 1. The van der Waals surface area contributed by atoms with Crippen LogP contribution in [0.5, 0.6) is 0 Å². The second-order valence-corrected chi connectivity index (χ2v) is 8.33. The van der Waals surface area contributed by atoms with E-state index < -0.39 is 0 Å². The van der Waals surface area contributed by atoms with Gasteiger partial charge >= 0.3 is 0 Å². The van der Waals surface area contributed by atoms with E-state index in [-0.39, 0.29) is 29.9 Å². The first-order valence-electron chi connectivity index (χ1n) is 11.0. The van der Waals surface area contributed by atoms with E-state index in [4.69, 9.17) is 0 Å². The minimum Gasteiger partial charge on any atom is -0.356 e. The highest BCUT2D eigenvalue weighted by atomic mass is 127. The Morgan fingerprint density at radius 3 is 2.07 bits per heavy atom. The molecule has 2 rings (SSSR count). The maximum absolute atomic E-state index is 12.5. The summed E-state index contributed by atoms with van der Waals surface area (Å²) in [7, 11) is 1.79. The van der Waals surface area contributed by atoms with Crippen molar-refractivity contribution in [3.8, 4) is 0 Å². The number of hydrogen-bond donors (Lipinski definition) is 2. The third-order valence-corrected chi connectivity index (χ3v) is 5.49. The first-order valence-corrected chi connectivity index (χ1v) is 11.0. The summed E-state index contributed by atoms with van der Waals surface area (Å²) in [5.74, 6) is 1.04. The van der Waals surface area contributed by atoms with E-state index in [9.17, 15) is 4.79 Å². The predicted molar refractivity (Wildman–Crippen MR) is 136 cm³/mol. The molecule has 7 heteroatoms. The summed E-state index contributed by atoms with van der Waals surface area (Å²) in [6.07, 6.45) is 2.45. The molecule has 0 radical (unpaired) electrons. The lowest BCUT2D eigenvalue weighted by Crippen LogP contribution is -2.41. The average molecular weight is 530 g/mol. The third kappa shape index (κ3) is 8.41. The van der Waals surface area contributed by atoms with E-state index in [2.05, 4.69) is 60.4 Å². The molecule has 1 aliphatic heterocycles. The normalized spacial score (nSPS) is 13.6. The zero-order valence-electron chi connectivity index (χ0n) is 19.3. The Hall–Kier alpha value is -1.35. The third-order valence-electron chi connectivity index (χ3n) is 5.49. The SMILES string of the molecule is CN=C(NCCCC(=O)N1Cc2ccccc2C1)NCCCN(C(C)C)C(C)C.I. The summed E-state index contributed by atoms with van der Waals surface area (Å²) in [6, 6.07) is 9.43. The summed E-state index contributed by atoms with van der Waals surface area (Å²) in [5.41, 5.74) is 2.55. The Labute approximate surface area is 199 Å². The van der Waals surface area contributed by atoms with E-state index >= 15 is 0 Å². The lowest BCUT2D eigenvalue weighted by atomic mass is 10.1. The van der Waals surface area contributed by atoms with E-state index in [1.165, 1.54) is 11.1 Å². The highest BCUT2D eigenvalue weighted by Crippen LogP contribution is 2.22. The fraction of sp³-hybridized carbons (Fsp3) is 0.652. The van der Waals surface area contributed by atoms with Crippen LogP contribution in [0, 0.1) is 0 Å². The number of benzene rings is 1. The van der Waals surface area contributed by atoms with Gasteiger partial charge in [0.25, 0.3) is 0 Å². The van der Waals surface area contributed by atoms with Crippen LogP contribution in [0.25, 0.3) is 0 Å². The van der Waals surface area contributed by atoms with E-state index in [1.807, 2.05) is 17.0 Å². The molecule has 1 aromatic carbocycles. The van der Waals surface area contributed by atoms with Crippen molar-refractivity contribution >= 4 is 35.8 Å². The Kier molecular flexibility index (Phi) is 12.3. The molecule has 1 heterocycles. The van der Waals surface area contributed by atoms with Gasteiger partial charge in [0.15, 0.2) is 5.96 Å². The Balaban J connectivity index is 0.00000450. The molecule has 170 valence electrons. The molecule has 0 aliphatic carbocycles. The molecular formula is C23H40IN5O. The number of carbonyl (C=O) groups is 1. The smallest absolute Gasteiger partial charge is 0.223 e. The molecule has 0 saturated carbocycles. The summed E-state index contributed by atoms with van der Waals surface area (Å²) >= 11 is 0. The van der Waals surface area contributed by atoms with Gasteiger partial charge in [0.05, 0.1) is 0 Å². The van der Waals surface area contributed by atoms with Gasteiger partial charge in [-0.25, -0.2) is 0 Å². The summed E-state index contributed by atoms with van der Waals surface area (Å²) in [5, 5.41) is 6.70. The molecule has 2 N–H and O–H groups in total. The van der Waals surface area contributed by atoms with Crippen LogP contribution in [-0.4, -0.2) is 60.4 Å². The number of fused-ring (bicyclic) bond motifs is 1. The van der Waals surface area contributed by atoms with Crippen molar-refractivity contribution in [3.05, 3.63) is 35.4 Å². The van der Waals surface area contributed by atoms with Gasteiger partial charge in [0, 0.05) is 58.3 Å². The molecule has 30 heavy (non-hydrogen) atoms. The minimum absolute atomic E-state index is 0. The van der Waals surface area contributed by atoms with Crippen molar-refractivity contribution in [2.24, 2.45) is 4.99 Å². The highest BCUT2D eigenvalue weighted by Gasteiger charge is 2.22. The highest BCUT2D eigenvalue weighted by molar-refractivity contribution is 14.0. The first kappa shape index (κ1) is 26.7. The van der Waals surface area contributed by atoms with Crippen molar-refractivity contribution in [3.63, 3.8) is 0 Å². The van der Waals surface area contributed by atoms with E-state index in [0.717, 1.165) is 51.5 Å². The molecular weight excluding hydrogens is 489 g/mol. The molecule has 0 fully saturated rings. The van der Waals surface area contributed by atoms with Crippen molar-refractivity contribution < 1.29 is 4.79 Å². The predicted octanol–water partition coefficient (Wildman–Crippen LogP) is 3.60. The van der Waals surface area contributed by atoms with Crippen molar-refractivity contribution in [2.75, 3.05) is 26.7 Å². The van der Waals surface area contributed by atoms with Crippen molar-refractivity contribution in [1.82, 2.24) is 20.4 Å². The molecule has 6 nitrogen and oxygen atoms in total. The largest absolute Gasteiger partial charge is 0.356 e. The Morgan fingerprint density at radius 2 is 1.57 bits per heavy atom. The van der Waals surface area contributed by atoms with E-state index in [1.54, 1.807) is 7.05 Å². The van der Waals surface area contributed by atoms with Gasteiger partial charge in [-0.05, 0) is 51.7 Å². The minimum atomic E-state index is 0. The van der Waals surface area contributed by atoms with Gasteiger partial charge in [-0.1, -0.05) is 24.3 Å². The molecule has 0 aromatic heterocycles. The summed E-state index contributed by atoms with van der Waals surface area (Å²) in [6.45, 7) is 13.2. The molecule has 1 aromatic rings. The van der Waals surface area contributed by atoms with Crippen LogP contribution in [0.2, 0.25) is 0 Å². The maximum atomic E-state index is 12.5. The molecule has 0 bridgehead atoms. The van der Waals surface area contributed by atoms with Gasteiger partial charge in [-0.2, -0.15) is 0 Å². The number of nitrogens with one attached hydrogen (secondary N) is 2. The fourth-order valence-electron chi connectivity index (χ4n) is 3.92. The lowest BCUT2D eigenvalue weighted by Gasteiger charge is -2.30. The van der Waals surface area contributed by atoms with E-state index in [0.29, 0.717) is 18.5 Å². The number of nitrogens with zero attached hydrogens (tertiary/aromatic N) is 3. The zero-order chi connectivity index (χ0) is 21.2. The van der Waals surface area contributed by atoms with Crippen molar-refractivity contribution in [1.29, 1.82) is 0 Å². The number of amides is 1. The zero-order valence-corrected chi connectivity index (χ0v) is 21.6. The van der Waals surface area contributed by atoms with Crippen LogP contribution in [0.15, 0.2) is 29.3 Å².